The standard InChI is InChI=1S/C17H19N3O3S/c1-18-16(21)15-11-20(13-6-2-3-7-14(13)23-15)17(22)19-9-8-12-5-4-10-24-12/h2-7,10,15H,8-9,11H2,1H3,(H,18,21)(H,19,22)/t15-/m0/s1. The number of para-hydroxylation sites is 2. The molecule has 0 radical (unpaired) electrons. The number of thiophene rings is 1. The normalized spacial score (nSPS) is 16.0. The summed E-state index contributed by atoms with van der Waals surface area (Å²) in [5, 5.41) is 7.50. The highest BCUT2D eigenvalue weighted by atomic mass is 32.1. The molecule has 24 heavy (non-hydrogen) atoms. The molecule has 3 amide bonds. The smallest absolute Gasteiger partial charge is 0.322 e. The fraction of sp³-hybridized carbons (Fsp3) is 0.294. The molecule has 0 spiro atoms. The number of nitrogens with zero attached hydrogens (tertiary/aromatic N) is 1. The molecule has 6 nitrogen and oxygen atoms in total. The van der Waals surface area contributed by atoms with Crippen LogP contribution in [0.1, 0.15) is 4.88 Å². The predicted octanol–water partition coefficient (Wildman–Crippen LogP) is 2.01. The van der Waals surface area contributed by atoms with Crippen LogP contribution in [0.15, 0.2) is 41.8 Å². The summed E-state index contributed by atoms with van der Waals surface area (Å²) in [5.74, 6) is 0.284. The van der Waals surface area contributed by atoms with Crippen LogP contribution in [0.5, 0.6) is 5.75 Å². The third-order valence-electron chi connectivity index (χ3n) is 3.79. The molecule has 0 saturated heterocycles. The largest absolute Gasteiger partial charge is 0.477 e. The molecule has 0 aliphatic carbocycles. The molecule has 0 saturated carbocycles. The monoisotopic (exact) mass is 345 g/mol. The van der Waals surface area contributed by atoms with Crippen molar-refractivity contribution >= 4 is 29.0 Å². The Morgan fingerprint density at radius 2 is 2.12 bits per heavy atom. The quantitative estimate of drug-likeness (QED) is 0.890. The number of hydrogen-bond donors (Lipinski definition) is 2. The summed E-state index contributed by atoms with van der Waals surface area (Å²) in [6.07, 6.45) is 0.0711. The topological polar surface area (TPSA) is 70.7 Å². The van der Waals surface area contributed by atoms with Crippen LogP contribution in [-0.2, 0) is 11.2 Å². The number of anilines is 1. The van der Waals surface area contributed by atoms with Crippen molar-refractivity contribution in [2.75, 3.05) is 25.0 Å². The predicted molar refractivity (Wildman–Crippen MR) is 93.7 cm³/mol. The van der Waals surface area contributed by atoms with Crippen molar-refractivity contribution in [3.63, 3.8) is 0 Å². The summed E-state index contributed by atoms with van der Waals surface area (Å²) in [6, 6.07) is 11.0. The van der Waals surface area contributed by atoms with Crippen molar-refractivity contribution in [1.29, 1.82) is 0 Å². The van der Waals surface area contributed by atoms with Gasteiger partial charge in [-0.05, 0) is 30.0 Å². The Morgan fingerprint density at radius 1 is 1.29 bits per heavy atom. The highest BCUT2D eigenvalue weighted by Gasteiger charge is 2.33. The van der Waals surface area contributed by atoms with Gasteiger partial charge in [0.25, 0.3) is 5.91 Å². The number of rotatable bonds is 4. The summed E-state index contributed by atoms with van der Waals surface area (Å²) in [5.41, 5.74) is 0.672. The van der Waals surface area contributed by atoms with Crippen molar-refractivity contribution in [3.8, 4) is 5.75 Å². The second-order valence-electron chi connectivity index (χ2n) is 5.36. The van der Waals surface area contributed by atoms with Crippen molar-refractivity contribution in [2.45, 2.75) is 12.5 Å². The fourth-order valence-electron chi connectivity index (χ4n) is 2.57. The van der Waals surface area contributed by atoms with Crippen LogP contribution in [-0.4, -0.2) is 38.2 Å². The second kappa shape index (κ2) is 7.35. The zero-order valence-electron chi connectivity index (χ0n) is 13.3. The molecule has 1 aromatic heterocycles. The lowest BCUT2D eigenvalue weighted by Gasteiger charge is -2.33. The number of likely N-dealkylation sites (N-methyl/N-ethyl adjacent to an activating group) is 1. The maximum absolute atomic E-state index is 12.6. The van der Waals surface area contributed by atoms with E-state index in [9.17, 15) is 9.59 Å². The Labute approximate surface area is 144 Å². The molecule has 1 aliphatic heterocycles. The summed E-state index contributed by atoms with van der Waals surface area (Å²) < 4.78 is 5.70. The lowest BCUT2D eigenvalue weighted by Crippen LogP contribution is -2.52. The minimum atomic E-state index is -0.715. The molecule has 0 unspecified atom stereocenters. The molecule has 2 N–H and O–H groups in total. The summed E-state index contributed by atoms with van der Waals surface area (Å²) >= 11 is 1.67. The van der Waals surface area contributed by atoms with Crippen LogP contribution < -0.4 is 20.3 Å². The van der Waals surface area contributed by atoms with Crippen molar-refractivity contribution in [2.24, 2.45) is 0 Å². The Balaban J connectivity index is 1.70. The summed E-state index contributed by atoms with van der Waals surface area (Å²) in [7, 11) is 1.55. The van der Waals surface area contributed by atoms with E-state index in [4.69, 9.17) is 4.74 Å². The van der Waals surface area contributed by atoms with Crippen LogP contribution in [0.2, 0.25) is 0 Å². The average Bonchev–Trinajstić information content (AvgIpc) is 3.13. The maximum Gasteiger partial charge on any atom is 0.322 e. The van der Waals surface area contributed by atoms with E-state index in [0.29, 0.717) is 18.0 Å². The number of hydrogen-bond acceptors (Lipinski definition) is 4. The van der Waals surface area contributed by atoms with E-state index in [1.54, 1.807) is 29.4 Å². The number of urea groups is 1. The van der Waals surface area contributed by atoms with E-state index in [0.717, 1.165) is 6.42 Å². The molecule has 3 rings (SSSR count). The molecule has 2 heterocycles. The van der Waals surface area contributed by atoms with Gasteiger partial charge in [-0.15, -0.1) is 11.3 Å². The van der Waals surface area contributed by atoms with E-state index in [2.05, 4.69) is 10.6 Å². The number of carbonyl (C=O) groups excluding carboxylic acids is 2. The minimum Gasteiger partial charge on any atom is -0.477 e. The molecule has 1 aromatic carbocycles. The number of fused-ring (bicyclic) bond motifs is 1. The Bertz CT molecular complexity index is 718. The number of benzene rings is 1. The SMILES string of the molecule is CNC(=O)[C@@H]1CN(C(=O)NCCc2cccs2)c2ccccc2O1. The van der Waals surface area contributed by atoms with E-state index >= 15 is 0 Å². The first-order valence-electron chi connectivity index (χ1n) is 7.74. The van der Waals surface area contributed by atoms with E-state index in [1.807, 2.05) is 35.7 Å². The minimum absolute atomic E-state index is 0.182. The molecular formula is C17H19N3O3S. The number of carbonyl (C=O) groups is 2. The Morgan fingerprint density at radius 3 is 2.88 bits per heavy atom. The molecule has 1 atom stereocenters. The Kier molecular flexibility index (Phi) is 5.00. The van der Waals surface area contributed by atoms with Gasteiger partial charge in [0.2, 0.25) is 0 Å². The van der Waals surface area contributed by atoms with Crippen molar-refractivity contribution < 1.29 is 14.3 Å². The molecule has 7 heteroatoms. The lowest BCUT2D eigenvalue weighted by atomic mass is 10.2. The molecule has 0 fully saturated rings. The van der Waals surface area contributed by atoms with Crippen LogP contribution in [0.3, 0.4) is 0 Å². The Hall–Kier alpha value is -2.54. The molecule has 2 aromatic rings. The molecule has 0 bridgehead atoms. The molecule has 126 valence electrons. The van der Waals surface area contributed by atoms with Gasteiger partial charge in [-0.2, -0.15) is 0 Å². The van der Waals surface area contributed by atoms with Crippen molar-refractivity contribution in [3.05, 3.63) is 46.7 Å². The van der Waals surface area contributed by atoms with Crippen LogP contribution >= 0.6 is 11.3 Å². The molecule has 1 aliphatic rings. The van der Waals surface area contributed by atoms with Crippen LogP contribution in [0.4, 0.5) is 10.5 Å². The second-order valence-corrected chi connectivity index (χ2v) is 6.39. The highest BCUT2D eigenvalue weighted by Crippen LogP contribution is 2.33. The molecular weight excluding hydrogens is 326 g/mol. The number of nitrogens with one attached hydrogen (secondary N) is 2. The van der Waals surface area contributed by atoms with E-state index < -0.39 is 6.10 Å². The van der Waals surface area contributed by atoms with Gasteiger partial charge >= 0.3 is 6.03 Å². The van der Waals surface area contributed by atoms with Gasteiger partial charge in [-0.3, -0.25) is 9.69 Å². The van der Waals surface area contributed by atoms with Crippen molar-refractivity contribution in [1.82, 2.24) is 10.6 Å². The zero-order chi connectivity index (χ0) is 16.9. The fourth-order valence-corrected chi connectivity index (χ4v) is 3.28. The average molecular weight is 345 g/mol. The van der Waals surface area contributed by atoms with Gasteiger partial charge in [-0.25, -0.2) is 4.79 Å². The van der Waals surface area contributed by atoms with E-state index in [1.165, 1.54) is 4.88 Å². The number of amides is 3. The third kappa shape index (κ3) is 3.51. The maximum atomic E-state index is 12.6. The summed E-state index contributed by atoms with van der Waals surface area (Å²) in [4.78, 5) is 27.3. The van der Waals surface area contributed by atoms with Crippen LogP contribution in [0.25, 0.3) is 0 Å². The highest BCUT2D eigenvalue weighted by molar-refractivity contribution is 7.09. The lowest BCUT2D eigenvalue weighted by molar-refractivity contribution is -0.127. The van der Waals surface area contributed by atoms with Gasteiger partial charge in [0.05, 0.1) is 12.2 Å². The zero-order valence-corrected chi connectivity index (χ0v) is 14.1. The van der Waals surface area contributed by atoms with Gasteiger partial charge in [0, 0.05) is 18.5 Å². The first kappa shape index (κ1) is 16.3. The van der Waals surface area contributed by atoms with E-state index in [-0.39, 0.29) is 18.5 Å². The van der Waals surface area contributed by atoms with Crippen LogP contribution in [0, 0.1) is 0 Å². The van der Waals surface area contributed by atoms with Gasteiger partial charge in [-0.1, -0.05) is 18.2 Å². The first-order valence-corrected chi connectivity index (χ1v) is 8.62. The summed E-state index contributed by atoms with van der Waals surface area (Å²) in [6.45, 7) is 0.727. The third-order valence-corrected chi connectivity index (χ3v) is 4.72. The van der Waals surface area contributed by atoms with Gasteiger partial charge < -0.3 is 15.4 Å². The first-order chi connectivity index (χ1) is 11.7. The van der Waals surface area contributed by atoms with Gasteiger partial charge in [0.15, 0.2) is 6.10 Å². The van der Waals surface area contributed by atoms with Gasteiger partial charge in [0.1, 0.15) is 5.75 Å². The number of ether oxygens (including phenoxy) is 1.